The summed E-state index contributed by atoms with van der Waals surface area (Å²) in [6.45, 7) is 6.21. The van der Waals surface area contributed by atoms with Gasteiger partial charge in [-0.15, -0.1) is 0 Å². The van der Waals surface area contributed by atoms with Crippen molar-refractivity contribution in [2.24, 2.45) is 0 Å². The van der Waals surface area contributed by atoms with Gasteiger partial charge in [0.2, 0.25) is 0 Å². The quantitative estimate of drug-likeness (QED) is 0.869. The van der Waals surface area contributed by atoms with Gasteiger partial charge in [-0.3, -0.25) is 4.79 Å². The van der Waals surface area contributed by atoms with Crippen molar-refractivity contribution in [1.82, 2.24) is 0 Å². The van der Waals surface area contributed by atoms with E-state index >= 15 is 0 Å². The Hall–Kier alpha value is -1.51. The molecule has 0 saturated heterocycles. The summed E-state index contributed by atoms with van der Waals surface area (Å²) in [6.07, 6.45) is 1.000. The van der Waals surface area contributed by atoms with Crippen LogP contribution in [0.5, 0.6) is 0 Å². The molecule has 1 N–H and O–H groups in total. The minimum Gasteiger partial charge on any atom is -0.481 e. The first kappa shape index (κ1) is 12.0. The van der Waals surface area contributed by atoms with Crippen LogP contribution in [-0.2, 0) is 4.79 Å². The van der Waals surface area contributed by atoms with Crippen molar-refractivity contribution in [3.05, 3.63) is 29.3 Å². The minimum atomic E-state index is -0.699. The number of hydrogen-bond donors (Lipinski definition) is 1. The van der Waals surface area contributed by atoms with E-state index in [1.54, 1.807) is 0 Å². The molecule has 0 aliphatic carbocycles. The number of rotatable bonds is 4. The number of aliphatic carboxylic acids is 1. The standard InChI is InChI=1S/C14H19NO2/c1-3-15-9-11(7-8-13(16)17)14-10(2)5-4-6-12(14)15/h4-6,11H,3,7-9H2,1-2H3,(H,16,17). The van der Waals surface area contributed by atoms with Gasteiger partial charge >= 0.3 is 5.97 Å². The van der Waals surface area contributed by atoms with Crippen molar-refractivity contribution in [3.63, 3.8) is 0 Å². The second kappa shape index (κ2) is 4.78. The predicted molar refractivity (Wildman–Crippen MR) is 68.7 cm³/mol. The summed E-state index contributed by atoms with van der Waals surface area (Å²) in [5.74, 6) is -0.322. The Bertz CT molecular complexity index is 428. The van der Waals surface area contributed by atoms with Crippen LogP contribution in [0, 0.1) is 6.92 Å². The van der Waals surface area contributed by atoms with Crippen LogP contribution < -0.4 is 4.90 Å². The van der Waals surface area contributed by atoms with Crippen LogP contribution in [0.4, 0.5) is 5.69 Å². The molecule has 0 spiro atoms. The van der Waals surface area contributed by atoms with E-state index in [9.17, 15) is 4.79 Å². The zero-order chi connectivity index (χ0) is 12.4. The van der Waals surface area contributed by atoms with Gasteiger partial charge in [0.1, 0.15) is 0 Å². The first-order chi connectivity index (χ1) is 8.13. The Kier molecular flexibility index (Phi) is 3.36. The average Bonchev–Trinajstić information content (AvgIpc) is 2.66. The monoisotopic (exact) mass is 233 g/mol. The highest BCUT2D eigenvalue weighted by atomic mass is 16.4. The highest BCUT2D eigenvalue weighted by molar-refractivity contribution is 5.68. The zero-order valence-electron chi connectivity index (χ0n) is 10.4. The molecule has 17 heavy (non-hydrogen) atoms. The van der Waals surface area contributed by atoms with Crippen LogP contribution >= 0.6 is 0 Å². The number of likely N-dealkylation sites (N-methyl/N-ethyl adjacent to an activating group) is 1. The summed E-state index contributed by atoms with van der Waals surface area (Å²) in [5.41, 5.74) is 3.94. The van der Waals surface area contributed by atoms with Crippen molar-refractivity contribution in [3.8, 4) is 0 Å². The molecule has 92 valence electrons. The van der Waals surface area contributed by atoms with E-state index < -0.39 is 5.97 Å². The lowest BCUT2D eigenvalue weighted by Gasteiger charge is -2.16. The van der Waals surface area contributed by atoms with Crippen LogP contribution in [0.2, 0.25) is 0 Å². The molecule has 1 heterocycles. The van der Waals surface area contributed by atoms with Gasteiger partial charge in [-0.05, 0) is 37.5 Å². The second-order valence-electron chi connectivity index (χ2n) is 4.68. The van der Waals surface area contributed by atoms with Crippen LogP contribution in [0.1, 0.15) is 36.8 Å². The fraction of sp³-hybridized carbons (Fsp3) is 0.500. The number of fused-ring (bicyclic) bond motifs is 1. The molecule has 1 atom stereocenters. The van der Waals surface area contributed by atoms with E-state index in [4.69, 9.17) is 5.11 Å². The molecule has 2 rings (SSSR count). The first-order valence-electron chi connectivity index (χ1n) is 6.19. The van der Waals surface area contributed by atoms with Gasteiger partial charge in [0.05, 0.1) is 0 Å². The molecule has 1 aliphatic rings. The smallest absolute Gasteiger partial charge is 0.303 e. The van der Waals surface area contributed by atoms with Gasteiger partial charge in [0.15, 0.2) is 0 Å². The van der Waals surface area contributed by atoms with Crippen molar-refractivity contribution in [2.45, 2.75) is 32.6 Å². The number of carbonyl (C=O) groups is 1. The van der Waals surface area contributed by atoms with Gasteiger partial charge in [0, 0.05) is 31.1 Å². The summed E-state index contributed by atoms with van der Waals surface area (Å²) in [6, 6.07) is 6.34. The molecule has 1 unspecified atom stereocenters. The number of aryl methyl sites for hydroxylation is 1. The minimum absolute atomic E-state index is 0.260. The fourth-order valence-corrected chi connectivity index (χ4v) is 2.76. The maximum absolute atomic E-state index is 10.7. The van der Waals surface area contributed by atoms with Crippen molar-refractivity contribution >= 4 is 11.7 Å². The van der Waals surface area contributed by atoms with Gasteiger partial charge in [-0.25, -0.2) is 0 Å². The number of carboxylic acid groups (broad SMARTS) is 1. The lowest BCUT2D eigenvalue weighted by Crippen LogP contribution is -2.21. The third-order valence-electron chi connectivity index (χ3n) is 3.58. The Morgan fingerprint density at radius 2 is 2.29 bits per heavy atom. The number of hydrogen-bond acceptors (Lipinski definition) is 2. The van der Waals surface area contributed by atoms with Gasteiger partial charge in [-0.1, -0.05) is 12.1 Å². The van der Waals surface area contributed by atoms with E-state index in [-0.39, 0.29) is 6.42 Å². The first-order valence-corrected chi connectivity index (χ1v) is 6.19. The van der Waals surface area contributed by atoms with Crippen molar-refractivity contribution in [2.75, 3.05) is 18.0 Å². The highest BCUT2D eigenvalue weighted by Gasteiger charge is 2.28. The van der Waals surface area contributed by atoms with Crippen molar-refractivity contribution < 1.29 is 9.90 Å². The van der Waals surface area contributed by atoms with E-state index in [0.29, 0.717) is 5.92 Å². The molecule has 1 aromatic rings. The number of benzene rings is 1. The lowest BCUT2D eigenvalue weighted by molar-refractivity contribution is -0.137. The maximum Gasteiger partial charge on any atom is 0.303 e. The Morgan fingerprint density at radius 3 is 2.94 bits per heavy atom. The summed E-state index contributed by atoms with van der Waals surface area (Å²) in [7, 11) is 0. The molecule has 0 bridgehead atoms. The zero-order valence-corrected chi connectivity index (χ0v) is 10.4. The topological polar surface area (TPSA) is 40.5 Å². The number of nitrogens with zero attached hydrogens (tertiary/aromatic N) is 1. The highest BCUT2D eigenvalue weighted by Crippen LogP contribution is 2.40. The van der Waals surface area contributed by atoms with E-state index in [0.717, 1.165) is 19.5 Å². The molecular formula is C14H19NO2. The molecule has 0 saturated carbocycles. The molecule has 0 fully saturated rings. The molecule has 1 aliphatic heterocycles. The maximum atomic E-state index is 10.7. The van der Waals surface area contributed by atoms with Gasteiger partial charge < -0.3 is 10.0 Å². The Balaban J connectivity index is 2.25. The van der Waals surface area contributed by atoms with E-state index in [1.165, 1.54) is 16.8 Å². The largest absolute Gasteiger partial charge is 0.481 e. The van der Waals surface area contributed by atoms with Crippen LogP contribution in [0.15, 0.2) is 18.2 Å². The summed E-state index contributed by atoms with van der Waals surface area (Å²) >= 11 is 0. The summed E-state index contributed by atoms with van der Waals surface area (Å²) in [4.78, 5) is 13.0. The fourth-order valence-electron chi connectivity index (χ4n) is 2.76. The second-order valence-corrected chi connectivity index (χ2v) is 4.68. The van der Waals surface area contributed by atoms with Gasteiger partial charge in [-0.2, -0.15) is 0 Å². The molecular weight excluding hydrogens is 214 g/mol. The van der Waals surface area contributed by atoms with E-state index in [2.05, 4.69) is 36.9 Å². The van der Waals surface area contributed by atoms with Crippen molar-refractivity contribution in [1.29, 1.82) is 0 Å². The summed E-state index contributed by atoms with van der Waals surface area (Å²) in [5, 5.41) is 8.80. The van der Waals surface area contributed by atoms with Crippen LogP contribution in [0.3, 0.4) is 0 Å². The molecule has 3 nitrogen and oxygen atoms in total. The molecule has 0 aromatic heterocycles. The third-order valence-corrected chi connectivity index (χ3v) is 3.58. The van der Waals surface area contributed by atoms with E-state index in [1.807, 2.05) is 0 Å². The SMILES string of the molecule is CCN1CC(CCC(=O)O)c2c(C)cccc21. The Labute approximate surface area is 102 Å². The summed E-state index contributed by atoms with van der Waals surface area (Å²) < 4.78 is 0. The van der Waals surface area contributed by atoms with Crippen LogP contribution in [-0.4, -0.2) is 24.2 Å². The van der Waals surface area contributed by atoms with Gasteiger partial charge in [0.25, 0.3) is 0 Å². The molecule has 1 aromatic carbocycles. The number of carboxylic acids is 1. The average molecular weight is 233 g/mol. The molecule has 0 radical (unpaired) electrons. The molecule has 0 amide bonds. The number of anilines is 1. The lowest BCUT2D eigenvalue weighted by atomic mass is 9.93. The van der Waals surface area contributed by atoms with Crippen LogP contribution in [0.25, 0.3) is 0 Å². The normalized spacial score (nSPS) is 18.2. The predicted octanol–water partition coefficient (Wildman–Crippen LogP) is 2.78. The Morgan fingerprint density at radius 1 is 1.53 bits per heavy atom. The third kappa shape index (κ3) is 2.28. The molecule has 3 heteroatoms.